The van der Waals surface area contributed by atoms with Crippen LogP contribution in [-0.4, -0.2) is 26.1 Å². The van der Waals surface area contributed by atoms with Gasteiger partial charge in [0.05, 0.1) is 11.8 Å². The van der Waals surface area contributed by atoms with Crippen molar-refractivity contribution in [1.29, 1.82) is 5.26 Å². The minimum atomic E-state index is -2.94. The Bertz CT molecular complexity index is 242. The van der Waals surface area contributed by atoms with Crippen molar-refractivity contribution in [2.75, 3.05) is 11.6 Å². The third-order valence-corrected chi connectivity index (χ3v) is 2.57. The van der Waals surface area contributed by atoms with Crippen molar-refractivity contribution in [3.8, 4) is 6.07 Å². The number of nitriles is 1. The average Bonchev–Trinajstić information content (AvgIpc) is 2.10. The lowest BCUT2D eigenvalue weighted by molar-refractivity contribution is 0.601. The number of halogens is 1. The molecule has 6 heteroatoms. The second kappa shape index (κ2) is 3.19. The summed E-state index contributed by atoms with van der Waals surface area (Å²) in [5, 5.41) is 10.8. The summed E-state index contributed by atoms with van der Waals surface area (Å²) in [7, 11) is -2.94. The van der Waals surface area contributed by atoms with Crippen LogP contribution in [-0.2, 0) is 9.84 Å². The van der Waals surface area contributed by atoms with E-state index >= 15 is 0 Å². The first-order valence-electron chi connectivity index (χ1n) is 2.47. The molecular weight excluding hydrogens is 176 g/mol. The molecule has 0 aromatic rings. The van der Waals surface area contributed by atoms with Gasteiger partial charge in [-0.1, -0.05) is 0 Å². The molecule has 1 saturated heterocycles. The highest BCUT2D eigenvalue weighted by molar-refractivity contribution is 7.91. The molecule has 0 aliphatic carbocycles. The molecule has 1 heterocycles. The monoisotopic (exact) mass is 182 g/mol. The van der Waals surface area contributed by atoms with E-state index in [9.17, 15) is 8.42 Å². The van der Waals surface area contributed by atoms with Crippen LogP contribution in [0.5, 0.6) is 0 Å². The Balaban J connectivity index is 0.000000810. The van der Waals surface area contributed by atoms with Gasteiger partial charge in [-0.2, -0.15) is 5.26 Å². The normalized spacial score (nSPS) is 28.5. The predicted molar refractivity (Wildman–Crippen MR) is 38.4 cm³/mol. The Morgan fingerprint density at radius 3 is 2.40 bits per heavy atom. The van der Waals surface area contributed by atoms with Gasteiger partial charge in [-0.05, 0) is 0 Å². The molecular formula is C4H7ClN2O2S. The first kappa shape index (κ1) is 9.69. The summed E-state index contributed by atoms with van der Waals surface area (Å²) < 4.78 is 21.2. The molecule has 1 aliphatic heterocycles. The van der Waals surface area contributed by atoms with Crippen molar-refractivity contribution in [1.82, 2.24) is 5.32 Å². The summed E-state index contributed by atoms with van der Waals surface area (Å²) >= 11 is 0. The molecule has 1 atom stereocenters. The van der Waals surface area contributed by atoms with Crippen LogP contribution in [0.4, 0.5) is 0 Å². The number of hydrogen-bond acceptors (Lipinski definition) is 4. The molecule has 0 amide bonds. The Morgan fingerprint density at radius 2 is 2.20 bits per heavy atom. The zero-order valence-electron chi connectivity index (χ0n) is 5.07. The number of nitrogens with one attached hydrogen (secondary N) is 1. The van der Waals surface area contributed by atoms with E-state index in [1.807, 2.05) is 6.07 Å². The first-order chi connectivity index (χ1) is 4.14. The summed E-state index contributed by atoms with van der Waals surface area (Å²) in [4.78, 5) is 0. The van der Waals surface area contributed by atoms with Gasteiger partial charge in [-0.25, -0.2) is 8.42 Å². The highest BCUT2D eigenvalue weighted by Crippen LogP contribution is 2.00. The smallest absolute Gasteiger partial charge is 0.165 e. The Labute approximate surface area is 65.5 Å². The molecule has 58 valence electrons. The topological polar surface area (TPSA) is 70.0 Å². The minimum Gasteiger partial charge on any atom is -0.288 e. The molecule has 0 aromatic heterocycles. The summed E-state index contributed by atoms with van der Waals surface area (Å²) in [5.74, 6) is -0.0886. The fourth-order valence-corrected chi connectivity index (χ4v) is 1.96. The maximum Gasteiger partial charge on any atom is 0.165 e. The van der Waals surface area contributed by atoms with E-state index < -0.39 is 15.9 Å². The molecule has 10 heavy (non-hydrogen) atoms. The quantitative estimate of drug-likeness (QED) is 0.537. The van der Waals surface area contributed by atoms with Crippen molar-refractivity contribution in [3.05, 3.63) is 0 Å². The highest BCUT2D eigenvalue weighted by atomic mass is 35.5. The molecule has 0 aromatic carbocycles. The van der Waals surface area contributed by atoms with Crippen molar-refractivity contribution in [2.24, 2.45) is 0 Å². The molecule has 1 fully saturated rings. The Kier molecular flexibility index (Phi) is 3.09. The lowest BCUT2D eigenvalue weighted by Gasteiger charge is -1.89. The number of rotatable bonds is 0. The second-order valence-corrected chi connectivity index (χ2v) is 4.05. The minimum absolute atomic E-state index is 0. The van der Waals surface area contributed by atoms with Gasteiger partial charge in [0, 0.05) is 0 Å². The van der Waals surface area contributed by atoms with Crippen LogP contribution in [0.2, 0.25) is 0 Å². The van der Waals surface area contributed by atoms with Crippen LogP contribution in [0.15, 0.2) is 0 Å². The predicted octanol–water partition coefficient (Wildman–Crippen LogP) is -0.724. The molecule has 4 nitrogen and oxygen atoms in total. The van der Waals surface area contributed by atoms with Crippen LogP contribution in [0.25, 0.3) is 0 Å². The van der Waals surface area contributed by atoms with Crippen molar-refractivity contribution >= 4 is 22.2 Å². The molecule has 1 aliphatic rings. The third kappa shape index (κ3) is 2.14. The zero-order chi connectivity index (χ0) is 6.91. The SMILES string of the molecule is Cl.N#CC1CS(=O)(=O)CN1. The van der Waals surface area contributed by atoms with E-state index in [0.717, 1.165) is 0 Å². The van der Waals surface area contributed by atoms with Gasteiger partial charge in [-0.3, -0.25) is 5.32 Å². The molecule has 1 rings (SSSR count). The molecule has 0 saturated carbocycles. The Morgan fingerprint density at radius 1 is 1.60 bits per heavy atom. The lowest BCUT2D eigenvalue weighted by atomic mass is 10.4. The molecule has 0 radical (unpaired) electrons. The number of sulfone groups is 1. The van der Waals surface area contributed by atoms with Gasteiger partial charge in [0.25, 0.3) is 0 Å². The maximum atomic E-state index is 10.6. The summed E-state index contributed by atoms with van der Waals surface area (Å²) in [6.07, 6.45) is 0. The zero-order valence-corrected chi connectivity index (χ0v) is 6.70. The van der Waals surface area contributed by atoms with Crippen LogP contribution >= 0.6 is 12.4 Å². The maximum absolute atomic E-state index is 10.6. The van der Waals surface area contributed by atoms with Crippen LogP contribution < -0.4 is 5.32 Å². The van der Waals surface area contributed by atoms with Crippen LogP contribution in [0, 0.1) is 11.3 Å². The van der Waals surface area contributed by atoms with E-state index in [4.69, 9.17) is 5.26 Å². The van der Waals surface area contributed by atoms with Crippen LogP contribution in [0.1, 0.15) is 0 Å². The van der Waals surface area contributed by atoms with Crippen LogP contribution in [0.3, 0.4) is 0 Å². The Hall–Kier alpha value is -0.310. The molecule has 1 unspecified atom stereocenters. The first-order valence-corrected chi connectivity index (χ1v) is 4.29. The van der Waals surface area contributed by atoms with E-state index in [-0.39, 0.29) is 24.0 Å². The summed E-state index contributed by atoms with van der Waals surface area (Å²) in [6, 6.07) is 1.34. The van der Waals surface area contributed by atoms with Gasteiger partial charge in [0.15, 0.2) is 9.84 Å². The largest absolute Gasteiger partial charge is 0.288 e. The van der Waals surface area contributed by atoms with Gasteiger partial charge >= 0.3 is 0 Å². The van der Waals surface area contributed by atoms with Gasteiger partial charge in [0.2, 0.25) is 0 Å². The van der Waals surface area contributed by atoms with Crippen molar-refractivity contribution < 1.29 is 8.42 Å². The highest BCUT2D eigenvalue weighted by Gasteiger charge is 2.26. The standard InChI is InChI=1S/C4H6N2O2S.ClH/c5-1-4-2-9(7,8)3-6-4;/h4,6H,2-3H2;1H. The molecule has 1 N–H and O–H groups in total. The van der Waals surface area contributed by atoms with E-state index in [1.54, 1.807) is 0 Å². The summed E-state index contributed by atoms with van der Waals surface area (Å²) in [6.45, 7) is 0. The van der Waals surface area contributed by atoms with E-state index in [2.05, 4.69) is 5.32 Å². The third-order valence-electron chi connectivity index (χ3n) is 1.13. The van der Waals surface area contributed by atoms with E-state index in [0.29, 0.717) is 0 Å². The average molecular weight is 183 g/mol. The van der Waals surface area contributed by atoms with Gasteiger partial charge in [0.1, 0.15) is 11.9 Å². The molecule has 0 bridgehead atoms. The van der Waals surface area contributed by atoms with Crippen molar-refractivity contribution in [2.45, 2.75) is 6.04 Å². The number of nitrogens with zero attached hydrogens (tertiary/aromatic N) is 1. The fraction of sp³-hybridized carbons (Fsp3) is 0.750. The van der Waals surface area contributed by atoms with E-state index in [1.165, 1.54) is 0 Å². The fourth-order valence-electron chi connectivity index (χ4n) is 0.682. The van der Waals surface area contributed by atoms with Crippen molar-refractivity contribution in [3.63, 3.8) is 0 Å². The van der Waals surface area contributed by atoms with Gasteiger partial charge in [-0.15, -0.1) is 12.4 Å². The molecule has 0 spiro atoms. The lowest BCUT2D eigenvalue weighted by Crippen LogP contribution is -2.20. The number of hydrogen-bond donors (Lipinski definition) is 1. The van der Waals surface area contributed by atoms with Gasteiger partial charge < -0.3 is 0 Å². The summed E-state index contributed by atoms with van der Waals surface area (Å²) in [5.41, 5.74) is 0. The second-order valence-electron chi connectivity index (χ2n) is 1.94.